The van der Waals surface area contributed by atoms with Crippen molar-refractivity contribution in [3.63, 3.8) is 0 Å². The zero-order valence-corrected chi connectivity index (χ0v) is 16.0. The number of carboxylic acid groups (broad SMARTS) is 1. The SMILES string of the molecule is CC(O)[C@H]1C(=O)N2C(C(=O)O)=C(SC[C@@H](N)C(N)=O)S[C@H]12.c1ccncc1. The Morgan fingerprint density at radius 2 is 2.00 bits per heavy atom. The zero-order valence-electron chi connectivity index (χ0n) is 14.4. The van der Waals surface area contributed by atoms with Gasteiger partial charge in [-0.1, -0.05) is 17.8 Å². The summed E-state index contributed by atoms with van der Waals surface area (Å²) in [5.41, 5.74) is 10.4. The standard InChI is InChI=1S/C11H15N3O5S2.C5H5N/c1-3(15)5-8(17)14-6(10(18)19)11(21-9(5)14)20-2-4(12)7(13)16;1-2-4-6-5-3-1/h3-5,9,15H,2,12H2,1H3,(H2,13,16)(H,18,19);1-5H/t3?,4-,5+,9-;/m1./s1. The molecule has 146 valence electrons. The van der Waals surface area contributed by atoms with Crippen LogP contribution < -0.4 is 11.5 Å². The van der Waals surface area contributed by atoms with Crippen molar-refractivity contribution in [2.24, 2.45) is 17.4 Å². The highest BCUT2D eigenvalue weighted by atomic mass is 32.2. The first-order valence-electron chi connectivity index (χ1n) is 7.93. The lowest BCUT2D eigenvalue weighted by Gasteiger charge is -2.43. The Bertz CT molecular complexity index is 717. The number of carbonyl (C=O) groups excluding carboxylic acids is 2. The number of fused-ring (bicyclic) bond motifs is 1. The van der Waals surface area contributed by atoms with Crippen molar-refractivity contribution < 1.29 is 24.6 Å². The summed E-state index contributed by atoms with van der Waals surface area (Å²) in [5, 5.41) is 18.4. The molecular formula is C16H20N4O5S2. The molecule has 2 aliphatic rings. The fraction of sp³-hybridized carbons (Fsp3) is 0.375. The molecule has 3 heterocycles. The van der Waals surface area contributed by atoms with Gasteiger partial charge in [-0.3, -0.25) is 19.5 Å². The van der Waals surface area contributed by atoms with Crippen molar-refractivity contribution in [3.8, 4) is 0 Å². The molecule has 0 saturated carbocycles. The maximum Gasteiger partial charge on any atom is 0.354 e. The number of aromatic nitrogens is 1. The topological polar surface area (TPSA) is 160 Å². The van der Waals surface area contributed by atoms with E-state index in [1.54, 1.807) is 12.4 Å². The molecule has 0 aliphatic carbocycles. The fourth-order valence-corrected chi connectivity index (χ4v) is 5.32. The molecule has 0 radical (unpaired) electrons. The first-order valence-corrected chi connectivity index (χ1v) is 9.80. The molecular weight excluding hydrogens is 392 g/mol. The molecule has 1 fully saturated rings. The largest absolute Gasteiger partial charge is 0.477 e. The second kappa shape index (κ2) is 9.22. The van der Waals surface area contributed by atoms with E-state index in [-0.39, 0.29) is 11.4 Å². The van der Waals surface area contributed by atoms with Gasteiger partial charge >= 0.3 is 5.97 Å². The molecule has 3 rings (SSSR count). The lowest BCUT2D eigenvalue weighted by Crippen LogP contribution is -2.60. The second-order valence-corrected chi connectivity index (χ2v) is 8.18. The van der Waals surface area contributed by atoms with Gasteiger partial charge in [0.15, 0.2) is 5.70 Å². The normalized spacial score (nSPS) is 22.9. The highest BCUT2D eigenvalue weighted by molar-refractivity contribution is 8.22. The summed E-state index contributed by atoms with van der Waals surface area (Å²) in [7, 11) is 0. The summed E-state index contributed by atoms with van der Waals surface area (Å²) < 4.78 is 0.403. The number of aliphatic hydroxyl groups excluding tert-OH is 1. The van der Waals surface area contributed by atoms with Crippen LogP contribution in [0.3, 0.4) is 0 Å². The average Bonchev–Trinajstić information content (AvgIpc) is 2.95. The predicted octanol–water partition coefficient (Wildman–Crippen LogP) is -0.220. The number of primary amides is 1. The summed E-state index contributed by atoms with van der Waals surface area (Å²) in [4.78, 5) is 39.1. The number of pyridine rings is 1. The highest BCUT2D eigenvalue weighted by Gasteiger charge is 2.57. The number of hydrogen-bond donors (Lipinski definition) is 4. The number of rotatable bonds is 6. The van der Waals surface area contributed by atoms with Crippen molar-refractivity contribution in [2.75, 3.05) is 5.75 Å². The molecule has 9 nitrogen and oxygen atoms in total. The lowest BCUT2D eigenvalue weighted by atomic mass is 9.92. The Morgan fingerprint density at radius 1 is 1.37 bits per heavy atom. The van der Waals surface area contributed by atoms with E-state index in [0.717, 1.165) is 11.8 Å². The monoisotopic (exact) mass is 412 g/mol. The minimum Gasteiger partial charge on any atom is -0.477 e. The summed E-state index contributed by atoms with van der Waals surface area (Å²) in [6.45, 7) is 1.50. The van der Waals surface area contributed by atoms with Crippen LogP contribution in [0, 0.1) is 5.92 Å². The van der Waals surface area contributed by atoms with Crippen LogP contribution >= 0.6 is 23.5 Å². The average molecular weight is 412 g/mol. The number of aliphatic hydroxyl groups is 1. The Morgan fingerprint density at radius 3 is 2.41 bits per heavy atom. The van der Waals surface area contributed by atoms with Crippen molar-refractivity contribution in [3.05, 3.63) is 40.5 Å². The molecule has 0 bridgehead atoms. The minimum atomic E-state index is -1.22. The van der Waals surface area contributed by atoms with Crippen LogP contribution in [-0.4, -0.2) is 61.2 Å². The number of β-lactam (4-membered cyclic amide) rings is 1. The van der Waals surface area contributed by atoms with Gasteiger partial charge in [0.25, 0.3) is 0 Å². The van der Waals surface area contributed by atoms with Crippen molar-refractivity contribution in [1.82, 2.24) is 9.88 Å². The maximum atomic E-state index is 11.9. The molecule has 1 unspecified atom stereocenters. The number of aliphatic carboxylic acids is 1. The highest BCUT2D eigenvalue weighted by Crippen LogP contribution is 2.53. The number of thioether (sulfide) groups is 2. The Balaban J connectivity index is 0.000000369. The van der Waals surface area contributed by atoms with Crippen LogP contribution in [0.1, 0.15) is 6.92 Å². The third-order valence-electron chi connectivity index (χ3n) is 3.79. The molecule has 2 amide bonds. The van der Waals surface area contributed by atoms with Crippen molar-refractivity contribution in [2.45, 2.75) is 24.4 Å². The fourth-order valence-electron chi connectivity index (χ4n) is 2.41. The molecule has 1 aromatic heterocycles. The zero-order chi connectivity index (χ0) is 20.1. The molecule has 27 heavy (non-hydrogen) atoms. The van der Waals surface area contributed by atoms with Gasteiger partial charge in [0.2, 0.25) is 11.8 Å². The van der Waals surface area contributed by atoms with E-state index in [9.17, 15) is 24.6 Å². The Labute approximate surface area is 164 Å². The van der Waals surface area contributed by atoms with Crippen LogP contribution in [0.25, 0.3) is 0 Å². The molecule has 11 heteroatoms. The number of nitrogens with zero attached hydrogens (tertiary/aromatic N) is 2. The van der Waals surface area contributed by atoms with Gasteiger partial charge in [-0.2, -0.15) is 0 Å². The van der Waals surface area contributed by atoms with Crippen LogP contribution in [-0.2, 0) is 14.4 Å². The van der Waals surface area contributed by atoms with E-state index in [4.69, 9.17) is 11.5 Å². The number of carboxylic acids is 1. The summed E-state index contributed by atoms with van der Waals surface area (Å²) >= 11 is 2.27. The lowest BCUT2D eigenvalue weighted by molar-refractivity contribution is -0.156. The van der Waals surface area contributed by atoms with Crippen LogP contribution in [0.5, 0.6) is 0 Å². The van der Waals surface area contributed by atoms with Gasteiger partial charge in [0.05, 0.1) is 22.3 Å². The van der Waals surface area contributed by atoms with E-state index >= 15 is 0 Å². The second-order valence-electron chi connectivity index (χ2n) is 5.77. The summed E-state index contributed by atoms with van der Waals surface area (Å²) in [6.07, 6.45) is 2.65. The maximum absolute atomic E-state index is 11.9. The Hall–Kier alpha value is -2.08. The van der Waals surface area contributed by atoms with E-state index in [0.29, 0.717) is 4.24 Å². The van der Waals surface area contributed by atoms with E-state index in [2.05, 4.69) is 4.98 Å². The molecule has 4 atom stereocenters. The van der Waals surface area contributed by atoms with Gasteiger partial charge in [-0.25, -0.2) is 4.79 Å². The van der Waals surface area contributed by atoms with Crippen LogP contribution in [0.2, 0.25) is 0 Å². The van der Waals surface area contributed by atoms with Gasteiger partial charge in [0, 0.05) is 18.1 Å². The molecule has 1 aromatic rings. The number of nitrogens with two attached hydrogens (primary N) is 2. The van der Waals surface area contributed by atoms with Crippen LogP contribution in [0.4, 0.5) is 0 Å². The van der Waals surface area contributed by atoms with Gasteiger partial charge < -0.3 is 21.7 Å². The van der Waals surface area contributed by atoms with Gasteiger partial charge in [-0.05, 0) is 19.1 Å². The number of hydrogen-bond acceptors (Lipinski definition) is 8. The summed E-state index contributed by atoms with van der Waals surface area (Å²) in [5.74, 6) is -2.80. The molecule has 1 saturated heterocycles. The molecule has 0 spiro atoms. The molecule has 6 N–H and O–H groups in total. The smallest absolute Gasteiger partial charge is 0.354 e. The van der Waals surface area contributed by atoms with Crippen molar-refractivity contribution in [1.29, 1.82) is 0 Å². The van der Waals surface area contributed by atoms with Crippen molar-refractivity contribution >= 4 is 41.3 Å². The first-order chi connectivity index (χ1) is 12.8. The first kappa shape index (κ1) is 21.2. The predicted molar refractivity (Wildman–Crippen MR) is 102 cm³/mol. The number of amides is 2. The quantitative estimate of drug-likeness (QED) is 0.463. The van der Waals surface area contributed by atoms with E-state index in [1.807, 2.05) is 18.2 Å². The van der Waals surface area contributed by atoms with Gasteiger partial charge in [-0.15, -0.1) is 11.8 Å². The molecule has 2 aliphatic heterocycles. The van der Waals surface area contributed by atoms with Gasteiger partial charge in [0.1, 0.15) is 5.37 Å². The number of carbonyl (C=O) groups is 3. The minimum absolute atomic E-state index is 0.117. The third-order valence-corrected chi connectivity index (χ3v) is 6.57. The Kier molecular flexibility index (Phi) is 7.25. The van der Waals surface area contributed by atoms with E-state index < -0.39 is 41.2 Å². The van der Waals surface area contributed by atoms with E-state index in [1.165, 1.54) is 23.6 Å². The third kappa shape index (κ3) is 4.80. The molecule has 0 aromatic carbocycles. The summed E-state index contributed by atoms with van der Waals surface area (Å²) in [6, 6.07) is 4.82. The van der Waals surface area contributed by atoms with Crippen LogP contribution in [0.15, 0.2) is 40.5 Å².